The molecule has 14 heteroatoms. The number of aliphatic hydroxyl groups excluding tert-OH is 1. The summed E-state index contributed by atoms with van der Waals surface area (Å²) in [5.41, 5.74) is 5.50. The molecule has 0 radical (unpaired) electrons. The Hall–Kier alpha value is -3.53. The highest BCUT2D eigenvalue weighted by Gasteiger charge is 2.32. The highest BCUT2D eigenvalue weighted by atomic mass is 127. The number of urea groups is 1. The van der Waals surface area contributed by atoms with Crippen LogP contribution in [0.3, 0.4) is 0 Å². The summed E-state index contributed by atoms with van der Waals surface area (Å²) in [5, 5.41) is 20.7. The van der Waals surface area contributed by atoms with E-state index in [4.69, 9.17) is 30.5 Å². The lowest BCUT2D eigenvalue weighted by atomic mass is 9.95. The monoisotopic (exact) mass is 812 g/mol. The van der Waals surface area contributed by atoms with Gasteiger partial charge in [0.25, 0.3) is 0 Å². The lowest BCUT2D eigenvalue weighted by molar-refractivity contribution is -0.136. The first kappa shape index (κ1) is 34.3. The van der Waals surface area contributed by atoms with Crippen molar-refractivity contribution >= 4 is 68.3 Å². The van der Waals surface area contributed by atoms with Crippen LogP contribution in [0.25, 0.3) is 0 Å². The van der Waals surface area contributed by atoms with Crippen molar-refractivity contribution in [1.29, 1.82) is 0 Å². The summed E-state index contributed by atoms with van der Waals surface area (Å²) in [7, 11) is 1.27. The van der Waals surface area contributed by atoms with E-state index in [9.17, 15) is 14.7 Å². The molecule has 11 nitrogen and oxygen atoms in total. The van der Waals surface area contributed by atoms with Gasteiger partial charge in [0, 0.05) is 20.8 Å². The minimum Gasteiger partial charge on any atom is -0.490 e. The standard InChI is InChI=1S/C31H31BrClIN4O7/c1-4-43-25-12-19(28-27(30(40)42-3)17(2)36-31(41)37-28)8-9-24(25)44-16-26(39)38-35-14-20-11-21(32)13-23(34)29(20)45-15-18-6-5-7-22(33)10-18/h5-14,26,28,38-39H,4,15-16H2,1-3H3,(H2,36,37,41)/b35-14+/t26-,28-/m1/s1. The molecule has 2 amide bonds. The van der Waals surface area contributed by atoms with E-state index in [1.165, 1.54) is 7.11 Å². The van der Waals surface area contributed by atoms with E-state index in [-0.39, 0.29) is 12.2 Å². The zero-order valence-electron chi connectivity index (χ0n) is 24.5. The number of hydrogen-bond donors (Lipinski definition) is 4. The number of aliphatic hydroxyl groups is 1. The maximum absolute atomic E-state index is 12.5. The van der Waals surface area contributed by atoms with Crippen LogP contribution in [0.1, 0.15) is 36.6 Å². The average molecular weight is 814 g/mol. The number of halogens is 3. The number of allylic oxidation sites excluding steroid dienone is 1. The predicted molar refractivity (Wildman–Crippen MR) is 182 cm³/mol. The number of methoxy groups -OCH3 is 1. The molecule has 0 unspecified atom stereocenters. The molecule has 3 aromatic rings. The van der Waals surface area contributed by atoms with Crippen molar-refractivity contribution in [3.8, 4) is 17.2 Å². The van der Waals surface area contributed by atoms with Crippen molar-refractivity contribution in [2.75, 3.05) is 20.3 Å². The van der Waals surface area contributed by atoms with Crippen molar-refractivity contribution in [3.63, 3.8) is 0 Å². The molecular weight excluding hydrogens is 783 g/mol. The van der Waals surface area contributed by atoms with Gasteiger partial charge < -0.3 is 34.7 Å². The normalized spacial score (nSPS) is 15.3. The summed E-state index contributed by atoms with van der Waals surface area (Å²) >= 11 is 11.8. The number of hydrogen-bond acceptors (Lipinski definition) is 9. The van der Waals surface area contributed by atoms with Gasteiger partial charge in [-0.2, -0.15) is 5.10 Å². The molecule has 0 spiro atoms. The zero-order chi connectivity index (χ0) is 32.5. The Labute approximate surface area is 287 Å². The molecule has 3 aromatic carbocycles. The Kier molecular flexibility index (Phi) is 12.3. The number of benzene rings is 3. The van der Waals surface area contributed by atoms with Gasteiger partial charge in [-0.05, 0) is 84.0 Å². The second kappa shape index (κ2) is 16.2. The van der Waals surface area contributed by atoms with Gasteiger partial charge >= 0.3 is 12.0 Å². The smallest absolute Gasteiger partial charge is 0.337 e. The molecule has 238 valence electrons. The Balaban J connectivity index is 1.43. The predicted octanol–water partition coefficient (Wildman–Crippen LogP) is 5.81. The molecule has 0 bridgehead atoms. The number of nitrogens with zero attached hydrogens (tertiary/aromatic N) is 1. The maximum Gasteiger partial charge on any atom is 0.337 e. The molecule has 1 aliphatic rings. The van der Waals surface area contributed by atoms with Crippen LogP contribution in [-0.2, 0) is 16.1 Å². The largest absolute Gasteiger partial charge is 0.490 e. The molecule has 0 aliphatic carbocycles. The first-order valence-electron chi connectivity index (χ1n) is 13.7. The highest BCUT2D eigenvalue weighted by molar-refractivity contribution is 14.1. The second-order valence-electron chi connectivity index (χ2n) is 9.64. The molecule has 0 aromatic heterocycles. The minimum atomic E-state index is -1.17. The third-order valence-corrected chi connectivity index (χ3v) is 7.90. The summed E-state index contributed by atoms with van der Waals surface area (Å²) in [4.78, 5) is 24.6. The average Bonchev–Trinajstić information content (AvgIpc) is 2.99. The van der Waals surface area contributed by atoms with E-state index < -0.39 is 24.3 Å². The van der Waals surface area contributed by atoms with Crippen molar-refractivity contribution < 1.29 is 33.6 Å². The quantitative estimate of drug-likeness (QED) is 0.0559. The molecule has 2 atom stereocenters. The molecule has 4 rings (SSSR count). The molecule has 45 heavy (non-hydrogen) atoms. The minimum absolute atomic E-state index is 0.165. The first-order valence-corrected chi connectivity index (χ1v) is 15.9. The third-order valence-electron chi connectivity index (χ3n) is 6.41. The number of nitrogens with one attached hydrogen (secondary N) is 3. The molecule has 4 N–H and O–H groups in total. The highest BCUT2D eigenvalue weighted by Crippen LogP contribution is 2.35. The summed E-state index contributed by atoms with van der Waals surface area (Å²) in [6, 6.07) is 15.0. The van der Waals surface area contributed by atoms with Crippen LogP contribution >= 0.6 is 50.1 Å². The van der Waals surface area contributed by atoms with Gasteiger partial charge in [0.2, 0.25) is 0 Å². The van der Waals surface area contributed by atoms with Crippen molar-refractivity contribution in [1.82, 2.24) is 16.1 Å². The summed E-state index contributed by atoms with van der Waals surface area (Å²) in [5.74, 6) is 0.770. The summed E-state index contributed by atoms with van der Waals surface area (Å²) in [6.45, 7) is 3.92. The van der Waals surface area contributed by atoms with Gasteiger partial charge in [-0.25, -0.2) is 9.59 Å². The fourth-order valence-corrected chi connectivity index (χ4v) is 6.34. The van der Waals surface area contributed by atoms with Crippen LogP contribution in [0.2, 0.25) is 5.02 Å². The topological polar surface area (TPSA) is 140 Å². The van der Waals surface area contributed by atoms with E-state index in [2.05, 4.69) is 59.7 Å². The molecule has 1 heterocycles. The Morgan fingerprint density at radius 1 is 1.18 bits per heavy atom. The maximum atomic E-state index is 12.5. The van der Waals surface area contributed by atoms with E-state index in [0.717, 1.165) is 13.6 Å². The van der Waals surface area contributed by atoms with Crippen LogP contribution in [0.15, 0.2) is 75.4 Å². The van der Waals surface area contributed by atoms with Crippen LogP contribution in [0.4, 0.5) is 4.79 Å². The Bertz CT molecular complexity index is 1620. The van der Waals surface area contributed by atoms with Gasteiger partial charge in [-0.1, -0.05) is 45.7 Å². The zero-order valence-corrected chi connectivity index (χ0v) is 29.0. The number of esters is 1. The van der Waals surface area contributed by atoms with Crippen molar-refractivity contribution in [3.05, 3.63) is 95.6 Å². The molecule has 0 saturated heterocycles. The van der Waals surface area contributed by atoms with Gasteiger partial charge in [-0.15, -0.1) is 0 Å². The second-order valence-corrected chi connectivity index (χ2v) is 12.2. The molecular formula is C31H31BrClIN4O7. The number of hydrazone groups is 1. The summed E-state index contributed by atoms with van der Waals surface area (Å²) in [6.07, 6.45) is 0.378. The number of carbonyl (C=O) groups is 2. The van der Waals surface area contributed by atoms with Crippen molar-refractivity contribution in [2.24, 2.45) is 5.10 Å². The van der Waals surface area contributed by atoms with E-state index in [0.29, 0.717) is 52.3 Å². The molecule has 0 saturated carbocycles. The van der Waals surface area contributed by atoms with Crippen LogP contribution in [-0.4, -0.2) is 49.9 Å². The van der Waals surface area contributed by atoms with Gasteiger partial charge in [-0.3, -0.25) is 5.43 Å². The number of rotatable bonds is 13. The van der Waals surface area contributed by atoms with E-state index >= 15 is 0 Å². The van der Waals surface area contributed by atoms with E-state index in [1.807, 2.05) is 37.3 Å². The number of amides is 2. The lowest BCUT2D eigenvalue weighted by Gasteiger charge is -2.28. The van der Waals surface area contributed by atoms with Gasteiger partial charge in [0.05, 0.1) is 35.1 Å². The Morgan fingerprint density at radius 3 is 2.71 bits per heavy atom. The Morgan fingerprint density at radius 2 is 1.98 bits per heavy atom. The van der Waals surface area contributed by atoms with Crippen LogP contribution in [0, 0.1) is 3.57 Å². The first-order chi connectivity index (χ1) is 21.6. The molecule has 1 aliphatic heterocycles. The van der Waals surface area contributed by atoms with Crippen LogP contribution in [0.5, 0.6) is 17.2 Å². The van der Waals surface area contributed by atoms with E-state index in [1.54, 1.807) is 37.4 Å². The number of ether oxygens (including phenoxy) is 4. The fraction of sp³-hybridized carbons (Fsp3) is 0.258. The lowest BCUT2D eigenvalue weighted by Crippen LogP contribution is -2.45. The molecule has 0 fully saturated rings. The SMILES string of the molecule is CCOc1cc([C@H]2NC(=O)NC(C)=C2C(=O)OC)ccc1OC[C@@H](O)N/N=C/c1cc(Br)cc(I)c1OCc1cccc(Cl)c1. The van der Waals surface area contributed by atoms with Crippen molar-refractivity contribution in [2.45, 2.75) is 32.7 Å². The number of carbonyl (C=O) groups excluding carboxylic acids is 2. The van der Waals surface area contributed by atoms with Gasteiger partial charge in [0.1, 0.15) is 19.0 Å². The van der Waals surface area contributed by atoms with Gasteiger partial charge in [0.15, 0.2) is 17.7 Å². The fourth-order valence-electron chi connectivity index (χ4n) is 4.43. The van der Waals surface area contributed by atoms with Crippen LogP contribution < -0.4 is 30.3 Å². The summed E-state index contributed by atoms with van der Waals surface area (Å²) < 4.78 is 24.3. The third kappa shape index (κ3) is 9.25.